The summed E-state index contributed by atoms with van der Waals surface area (Å²) in [5, 5.41) is 2.89. The standard InChI is InChI=1S/C9H10F3N3.ClH/c1-5-14-7-2-3-13-4-6(7)8(15-5)9(10,11)12;/h13H,2-4H2,1H3;1H. The van der Waals surface area contributed by atoms with Crippen LogP contribution in [0.3, 0.4) is 0 Å². The van der Waals surface area contributed by atoms with Crippen molar-refractivity contribution < 1.29 is 13.2 Å². The van der Waals surface area contributed by atoms with Gasteiger partial charge in [0.2, 0.25) is 0 Å². The van der Waals surface area contributed by atoms with Gasteiger partial charge in [0.15, 0.2) is 5.69 Å². The molecule has 0 bridgehead atoms. The van der Waals surface area contributed by atoms with Crippen molar-refractivity contribution in [3.05, 3.63) is 22.8 Å². The van der Waals surface area contributed by atoms with Gasteiger partial charge in [0.05, 0.1) is 5.69 Å². The van der Waals surface area contributed by atoms with E-state index in [1.54, 1.807) is 0 Å². The van der Waals surface area contributed by atoms with Gasteiger partial charge in [-0.2, -0.15) is 13.2 Å². The third-order valence-corrected chi connectivity index (χ3v) is 2.31. The molecular weight excluding hydrogens is 243 g/mol. The number of nitrogens with zero attached hydrogens (tertiary/aromatic N) is 2. The minimum atomic E-state index is -4.39. The van der Waals surface area contributed by atoms with Crippen molar-refractivity contribution in [3.63, 3.8) is 0 Å². The van der Waals surface area contributed by atoms with E-state index < -0.39 is 11.9 Å². The lowest BCUT2D eigenvalue weighted by atomic mass is 10.0. The maximum absolute atomic E-state index is 12.6. The summed E-state index contributed by atoms with van der Waals surface area (Å²) in [6, 6.07) is 0. The predicted molar refractivity (Wildman–Crippen MR) is 54.4 cm³/mol. The zero-order chi connectivity index (χ0) is 11.1. The van der Waals surface area contributed by atoms with E-state index in [9.17, 15) is 13.2 Å². The van der Waals surface area contributed by atoms with Crippen molar-refractivity contribution >= 4 is 12.4 Å². The summed E-state index contributed by atoms with van der Waals surface area (Å²) >= 11 is 0. The van der Waals surface area contributed by atoms with Crippen molar-refractivity contribution in [3.8, 4) is 0 Å². The smallest absolute Gasteiger partial charge is 0.312 e. The summed E-state index contributed by atoms with van der Waals surface area (Å²) in [4.78, 5) is 7.52. The molecule has 0 unspecified atom stereocenters. The molecule has 0 atom stereocenters. The Morgan fingerprint density at radius 1 is 1.25 bits per heavy atom. The van der Waals surface area contributed by atoms with Crippen LogP contribution in [0, 0.1) is 6.92 Å². The van der Waals surface area contributed by atoms with Crippen LogP contribution >= 0.6 is 12.4 Å². The normalized spacial score (nSPS) is 15.2. The molecule has 16 heavy (non-hydrogen) atoms. The van der Waals surface area contributed by atoms with Crippen molar-refractivity contribution in [2.75, 3.05) is 6.54 Å². The van der Waals surface area contributed by atoms with Crippen LogP contribution in [0.5, 0.6) is 0 Å². The summed E-state index contributed by atoms with van der Waals surface area (Å²) in [5.74, 6) is 0.183. The molecule has 90 valence electrons. The molecule has 0 saturated heterocycles. The second-order valence-electron chi connectivity index (χ2n) is 3.47. The van der Waals surface area contributed by atoms with Crippen LogP contribution in [0.1, 0.15) is 22.8 Å². The molecule has 1 aromatic rings. The number of aromatic nitrogens is 2. The molecule has 2 rings (SSSR count). The van der Waals surface area contributed by atoms with E-state index >= 15 is 0 Å². The second kappa shape index (κ2) is 4.55. The van der Waals surface area contributed by atoms with Gasteiger partial charge < -0.3 is 5.32 Å². The lowest BCUT2D eigenvalue weighted by Crippen LogP contribution is -2.29. The minimum Gasteiger partial charge on any atom is -0.312 e. The minimum absolute atomic E-state index is 0. The molecule has 1 N–H and O–H groups in total. The third kappa shape index (κ3) is 2.44. The average Bonchev–Trinajstić information content (AvgIpc) is 2.15. The Morgan fingerprint density at radius 3 is 2.56 bits per heavy atom. The molecule has 0 spiro atoms. The molecule has 0 fully saturated rings. The van der Waals surface area contributed by atoms with Crippen LogP contribution in [-0.4, -0.2) is 16.5 Å². The first-order valence-electron chi connectivity index (χ1n) is 4.63. The molecule has 1 aliphatic rings. The van der Waals surface area contributed by atoms with Crippen LogP contribution in [0.4, 0.5) is 13.2 Å². The maximum Gasteiger partial charge on any atom is 0.433 e. The van der Waals surface area contributed by atoms with E-state index in [4.69, 9.17) is 0 Å². The Kier molecular flexibility index (Phi) is 3.75. The molecule has 0 aromatic carbocycles. The van der Waals surface area contributed by atoms with Crippen LogP contribution in [0.2, 0.25) is 0 Å². The SMILES string of the molecule is Cc1nc2c(c(C(F)(F)F)n1)CNCC2.Cl. The molecule has 0 saturated carbocycles. The van der Waals surface area contributed by atoms with Crippen LogP contribution in [-0.2, 0) is 19.1 Å². The molecule has 0 radical (unpaired) electrons. The van der Waals surface area contributed by atoms with Gasteiger partial charge in [-0.25, -0.2) is 9.97 Å². The quantitative estimate of drug-likeness (QED) is 0.767. The summed E-state index contributed by atoms with van der Waals surface area (Å²) in [6.45, 7) is 2.35. The molecule has 0 amide bonds. The third-order valence-electron chi connectivity index (χ3n) is 2.31. The summed E-state index contributed by atoms with van der Waals surface area (Å²) < 4.78 is 37.9. The number of aryl methyl sites for hydroxylation is 1. The lowest BCUT2D eigenvalue weighted by molar-refractivity contribution is -0.142. The Balaban J connectivity index is 0.00000128. The number of nitrogens with one attached hydrogen (secondary N) is 1. The fourth-order valence-corrected chi connectivity index (χ4v) is 1.70. The van der Waals surface area contributed by atoms with Gasteiger partial charge in [-0.15, -0.1) is 12.4 Å². The molecule has 7 heteroatoms. The van der Waals surface area contributed by atoms with Crippen LogP contribution in [0.25, 0.3) is 0 Å². The Morgan fingerprint density at radius 2 is 1.94 bits per heavy atom. The lowest BCUT2D eigenvalue weighted by Gasteiger charge is -2.20. The first kappa shape index (κ1) is 13.2. The summed E-state index contributed by atoms with van der Waals surface area (Å²) in [6.07, 6.45) is -3.86. The molecule has 0 aliphatic carbocycles. The summed E-state index contributed by atoms with van der Waals surface area (Å²) in [5.41, 5.74) is -0.0786. The van der Waals surface area contributed by atoms with Gasteiger partial charge in [-0.3, -0.25) is 0 Å². The van der Waals surface area contributed by atoms with Crippen LogP contribution in [0.15, 0.2) is 0 Å². The Bertz CT molecular complexity index is 392. The fraction of sp³-hybridized carbons (Fsp3) is 0.556. The molecule has 1 aromatic heterocycles. The number of halogens is 4. The first-order valence-corrected chi connectivity index (χ1v) is 4.63. The molecular formula is C9H11ClF3N3. The Labute approximate surface area is 96.9 Å². The van der Waals surface area contributed by atoms with Crippen LogP contribution < -0.4 is 5.32 Å². The Hall–Kier alpha value is -0.880. The van der Waals surface area contributed by atoms with Gasteiger partial charge in [0.1, 0.15) is 5.82 Å². The second-order valence-corrected chi connectivity index (χ2v) is 3.47. The topological polar surface area (TPSA) is 37.8 Å². The van der Waals surface area contributed by atoms with E-state index in [0.29, 0.717) is 18.7 Å². The largest absolute Gasteiger partial charge is 0.433 e. The van der Waals surface area contributed by atoms with Gasteiger partial charge in [0.25, 0.3) is 0 Å². The predicted octanol–water partition coefficient (Wildman–Crippen LogP) is 1.87. The van der Waals surface area contributed by atoms with E-state index in [0.717, 1.165) is 0 Å². The number of fused-ring (bicyclic) bond motifs is 1. The van der Waals surface area contributed by atoms with E-state index in [1.807, 2.05) is 0 Å². The van der Waals surface area contributed by atoms with E-state index in [1.165, 1.54) is 6.92 Å². The first-order chi connectivity index (χ1) is 6.98. The highest BCUT2D eigenvalue weighted by molar-refractivity contribution is 5.85. The maximum atomic E-state index is 12.6. The van der Waals surface area contributed by atoms with Gasteiger partial charge in [0, 0.05) is 25.1 Å². The monoisotopic (exact) mass is 253 g/mol. The highest BCUT2D eigenvalue weighted by Crippen LogP contribution is 2.32. The molecule has 2 heterocycles. The highest BCUT2D eigenvalue weighted by Gasteiger charge is 2.37. The number of hydrogen-bond donors (Lipinski definition) is 1. The fourth-order valence-electron chi connectivity index (χ4n) is 1.70. The van der Waals surface area contributed by atoms with Crippen molar-refractivity contribution in [1.29, 1.82) is 0 Å². The highest BCUT2D eigenvalue weighted by atomic mass is 35.5. The van der Waals surface area contributed by atoms with Crippen molar-refractivity contribution in [2.24, 2.45) is 0 Å². The number of hydrogen-bond acceptors (Lipinski definition) is 3. The zero-order valence-corrected chi connectivity index (χ0v) is 9.37. The number of alkyl halides is 3. The van der Waals surface area contributed by atoms with Gasteiger partial charge >= 0.3 is 6.18 Å². The zero-order valence-electron chi connectivity index (χ0n) is 8.56. The van der Waals surface area contributed by atoms with Gasteiger partial charge in [-0.1, -0.05) is 0 Å². The van der Waals surface area contributed by atoms with E-state index in [2.05, 4.69) is 15.3 Å². The van der Waals surface area contributed by atoms with Gasteiger partial charge in [-0.05, 0) is 6.92 Å². The van der Waals surface area contributed by atoms with Crippen molar-refractivity contribution in [2.45, 2.75) is 26.1 Å². The molecule has 3 nitrogen and oxygen atoms in total. The summed E-state index contributed by atoms with van der Waals surface area (Å²) in [7, 11) is 0. The van der Waals surface area contributed by atoms with Crippen molar-refractivity contribution in [1.82, 2.24) is 15.3 Å². The number of rotatable bonds is 0. The average molecular weight is 254 g/mol. The van der Waals surface area contributed by atoms with E-state index in [-0.39, 0.29) is 30.3 Å². The molecule has 1 aliphatic heterocycles.